The maximum absolute atomic E-state index is 11.9. The van der Waals surface area contributed by atoms with Crippen LogP contribution in [0.4, 0.5) is 5.82 Å². The maximum atomic E-state index is 11.9. The predicted molar refractivity (Wildman–Crippen MR) is 63.5 cm³/mol. The van der Waals surface area contributed by atoms with E-state index in [1.165, 1.54) is 0 Å². The van der Waals surface area contributed by atoms with Gasteiger partial charge in [0.15, 0.2) is 5.82 Å². The van der Waals surface area contributed by atoms with Gasteiger partial charge in [0.05, 0.1) is 5.69 Å². The number of carbonyl (C=O) groups is 1. The Hall–Kier alpha value is -2.11. The molecular weight excluding hydrogens is 218 g/mol. The lowest BCUT2D eigenvalue weighted by Crippen LogP contribution is -2.24. The van der Waals surface area contributed by atoms with Gasteiger partial charge in [-0.25, -0.2) is 0 Å². The van der Waals surface area contributed by atoms with Crippen LogP contribution in [0.5, 0.6) is 0 Å². The topological polar surface area (TPSA) is 64.7 Å². The van der Waals surface area contributed by atoms with E-state index in [1.807, 2.05) is 13.0 Å². The summed E-state index contributed by atoms with van der Waals surface area (Å²) < 4.78 is 3.27. The molecule has 0 fully saturated rings. The summed E-state index contributed by atoms with van der Waals surface area (Å²) in [5, 5.41) is 11.0. The normalized spacial score (nSPS) is 12.4. The van der Waals surface area contributed by atoms with Crippen molar-refractivity contribution in [3.8, 4) is 0 Å². The summed E-state index contributed by atoms with van der Waals surface area (Å²) in [5.74, 6) is 0.417. The SMILES string of the molecule is Cc1ccn(C(C)C(=O)Nc2ccn(C)n2)n1. The van der Waals surface area contributed by atoms with Crippen LogP contribution in [-0.4, -0.2) is 25.5 Å². The van der Waals surface area contributed by atoms with Gasteiger partial charge in [-0.2, -0.15) is 10.2 Å². The van der Waals surface area contributed by atoms with Crippen molar-refractivity contribution in [2.24, 2.45) is 7.05 Å². The van der Waals surface area contributed by atoms with Crippen LogP contribution in [0.25, 0.3) is 0 Å². The highest BCUT2D eigenvalue weighted by molar-refractivity contribution is 5.92. The number of nitrogens with one attached hydrogen (secondary N) is 1. The Kier molecular flexibility index (Phi) is 2.95. The Bertz CT molecular complexity index is 527. The minimum Gasteiger partial charge on any atom is -0.307 e. The lowest BCUT2D eigenvalue weighted by atomic mass is 10.3. The number of hydrogen-bond donors (Lipinski definition) is 1. The minimum atomic E-state index is -0.356. The molecule has 2 aromatic rings. The largest absolute Gasteiger partial charge is 0.307 e. The van der Waals surface area contributed by atoms with E-state index in [4.69, 9.17) is 0 Å². The van der Waals surface area contributed by atoms with E-state index in [0.717, 1.165) is 5.69 Å². The van der Waals surface area contributed by atoms with Crippen LogP contribution in [0.2, 0.25) is 0 Å². The average Bonchev–Trinajstić information content (AvgIpc) is 2.87. The van der Waals surface area contributed by atoms with Crippen molar-refractivity contribution in [3.05, 3.63) is 30.2 Å². The van der Waals surface area contributed by atoms with E-state index in [1.54, 1.807) is 41.8 Å². The van der Waals surface area contributed by atoms with Crippen molar-refractivity contribution in [1.29, 1.82) is 0 Å². The highest BCUT2D eigenvalue weighted by Crippen LogP contribution is 2.09. The molecule has 0 aliphatic rings. The summed E-state index contributed by atoms with van der Waals surface area (Å²) in [5.41, 5.74) is 0.891. The Labute approximate surface area is 99.2 Å². The van der Waals surface area contributed by atoms with Crippen LogP contribution in [-0.2, 0) is 11.8 Å². The molecule has 90 valence electrons. The number of anilines is 1. The van der Waals surface area contributed by atoms with Gasteiger partial charge in [-0.1, -0.05) is 0 Å². The highest BCUT2D eigenvalue weighted by atomic mass is 16.2. The fourth-order valence-electron chi connectivity index (χ4n) is 1.48. The summed E-state index contributed by atoms with van der Waals surface area (Å²) in [6.45, 7) is 3.69. The first-order valence-electron chi connectivity index (χ1n) is 5.38. The zero-order valence-electron chi connectivity index (χ0n) is 10.1. The lowest BCUT2D eigenvalue weighted by molar-refractivity contribution is -0.119. The summed E-state index contributed by atoms with van der Waals surface area (Å²) in [4.78, 5) is 11.9. The molecule has 0 aromatic carbocycles. The van der Waals surface area contributed by atoms with Crippen molar-refractivity contribution in [2.45, 2.75) is 19.9 Å². The van der Waals surface area contributed by atoms with Gasteiger partial charge in [0.1, 0.15) is 6.04 Å². The second-order valence-corrected chi connectivity index (χ2v) is 3.98. The smallest absolute Gasteiger partial charge is 0.250 e. The van der Waals surface area contributed by atoms with Crippen LogP contribution in [0.15, 0.2) is 24.5 Å². The molecule has 0 saturated heterocycles. The van der Waals surface area contributed by atoms with Crippen LogP contribution in [0.1, 0.15) is 18.7 Å². The van der Waals surface area contributed by atoms with Gasteiger partial charge >= 0.3 is 0 Å². The van der Waals surface area contributed by atoms with E-state index in [9.17, 15) is 4.79 Å². The predicted octanol–water partition coefficient (Wildman–Crippen LogP) is 1.12. The molecule has 1 atom stereocenters. The quantitative estimate of drug-likeness (QED) is 0.864. The fraction of sp³-hybridized carbons (Fsp3) is 0.364. The fourth-order valence-corrected chi connectivity index (χ4v) is 1.48. The van der Waals surface area contributed by atoms with Crippen LogP contribution in [0, 0.1) is 6.92 Å². The molecule has 0 radical (unpaired) electrons. The molecule has 6 heteroatoms. The summed E-state index contributed by atoms with van der Waals surface area (Å²) in [6.07, 6.45) is 3.57. The molecule has 0 bridgehead atoms. The zero-order valence-corrected chi connectivity index (χ0v) is 10.1. The second kappa shape index (κ2) is 4.40. The third-order valence-electron chi connectivity index (χ3n) is 2.48. The maximum Gasteiger partial charge on any atom is 0.250 e. The Morgan fingerprint density at radius 3 is 2.65 bits per heavy atom. The van der Waals surface area contributed by atoms with Gasteiger partial charge in [-0.3, -0.25) is 14.2 Å². The number of carbonyl (C=O) groups excluding carboxylic acids is 1. The van der Waals surface area contributed by atoms with Crippen molar-refractivity contribution in [3.63, 3.8) is 0 Å². The number of aryl methyl sites for hydroxylation is 2. The number of amides is 1. The van der Waals surface area contributed by atoms with Crippen molar-refractivity contribution in [1.82, 2.24) is 19.6 Å². The molecular formula is C11H15N5O. The van der Waals surface area contributed by atoms with Gasteiger partial charge in [0.25, 0.3) is 0 Å². The number of aromatic nitrogens is 4. The first-order valence-corrected chi connectivity index (χ1v) is 5.38. The Morgan fingerprint density at radius 2 is 2.12 bits per heavy atom. The highest BCUT2D eigenvalue weighted by Gasteiger charge is 2.16. The van der Waals surface area contributed by atoms with E-state index in [0.29, 0.717) is 5.82 Å². The summed E-state index contributed by atoms with van der Waals surface area (Å²) in [7, 11) is 1.80. The van der Waals surface area contributed by atoms with Crippen LogP contribution < -0.4 is 5.32 Å². The van der Waals surface area contributed by atoms with Gasteiger partial charge in [-0.15, -0.1) is 0 Å². The number of nitrogens with zero attached hydrogens (tertiary/aromatic N) is 4. The molecule has 17 heavy (non-hydrogen) atoms. The third kappa shape index (κ3) is 2.52. The Morgan fingerprint density at radius 1 is 1.35 bits per heavy atom. The number of hydrogen-bond acceptors (Lipinski definition) is 3. The molecule has 0 aliphatic heterocycles. The third-order valence-corrected chi connectivity index (χ3v) is 2.48. The number of rotatable bonds is 3. The van der Waals surface area contributed by atoms with E-state index in [2.05, 4.69) is 15.5 Å². The van der Waals surface area contributed by atoms with Crippen molar-refractivity contribution >= 4 is 11.7 Å². The monoisotopic (exact) mass is 233 g/mol. The summed E-state index contributed by atoms with van der Waals surface area (Å²) in [6, 6.07) is 3.26. The van der Waals surface area contributed by atoms with Crippen LogP contribution in [0.3, 0.4) is 0 Å². The molecule has 2 heterocycles. The summed E-state index contributed by atoms with van der Waals surface area (Å²) >= 11 is 0. The van der Waals surface area contributed by atoms with Crippen molar-refractivity contribution in [2.75, 3.05) is 5.32 Å². The van der Waals surface area contributed by atoms with Gasteiger partial charge in [0, 0.05) is 25.5 Å². The molecule has 1 unspecified atom stereocenters. The van der Waals surface area contributed by atoms with Crippen molar-refractivity contribution < 1.29 is 4.79 Å². The average molecular weight is 233 g/mol. The van der Waals surface area contributed by atoms with E-state index < -0.39 is 0 Å². The van der Waals surface area contributed by atoms with E-state index in [-0.39, 0.29) is 11.9 Å². The first kappa shape index (κ1) is 11.4. The molecule has 6 nitrogen and oxygen atoms in total. The molecule has 0 aliphatic carbocycles. The molecule has 0 saturated carbocycles. The lowest BCUT2D eigenvalue weighted by Gasteiger charge is -2.11. The molecule has 2 aromatic heterocycles. The van der Waals surface area contributed by atoms with Gasteiger partial charge < -0.3 is 5.32 Å². The van der Waals surface area contributed by atoms with E-state index >= 15 is 0 Å². The first-order chi connectivity index (χ1) is 8.06. The zero-order chi connectivity index (χ0) is 12.4. The standard InChI is InChI=1S/C11H15N5O/c1-8-4-7-16(13-8)9(2)11(17)12-10-5-6-15(3)14-10/h4-7,9H,1-3H3,(H,12,14,17). The second-order valence-electron chi connectivity index (χ2n) is 3.98. The van der Waals surface area contributed by atoms with Crippen LogP contribution >= 0.6 is 0 Å². The van der Waals surface area contributed by atoms with Gasteiger partial charge in [-0.05, 0) is 19.9 Å². The molecule has 2 rings (SSSR count). The molecule has 0 spiro atoms. The Balaban J connectivity index is 2.05. The molecule has 1 N–H and O–H groups in total. The van der Waals surface area contributed by atoms with Gasteiger partial charge in [0.2, 0.25) is 5.91 Å². The molecule has 1 amide bonds. The minimum absolute atomic E-state index is 0.133.